The molecule has 0 atom stereocenters. The van der Waals surface area contributed by atoms with Gasteiger partial charge in [0.1, 0.15) is 11.2 Å². The average molecular weight is 603 g/mol. The molecule has 2 saturated carbocycles. The van der Waals surface area contributed by atoms with Gasteiger partial charge >= 0.3 is 0 Å². The van der Waals surface area contributed by atoms with Gasteiger partial charge in [-0.25, -0.2) is 0 Å². The van der Waals surface area contributed by atoms with Crippen LogP contribution in [0.4, 0.5) is 0 Å². The largest absolute Gasteiger partial charge is 0.455 e. The van der Waals surface area contributed by atoms with Crippen LogP contribution in [0.5, 0.6) is 0 Å². The number of hydrogen-bond donors (Lipinski definition) is 0. The van der Waals surface area contributed by atoms with E-state index in [1.54, 1.807) is 0 Å². The topological polar surface area (TPSA) is 26.0 Å². The summed E-state index contributed by atoms with van der Waals surface area (Å²) in [7, 11) is 0. The molecule has 5 aromatic rings. The molecule has 0 radical (unpaired) electrons. The van der Waals surface area contributed by atoms with Crippen molar-refractivity contribution in [1.29, 1.82) is 0 Å². The van der Waals surface area contributed by atoms with Gasteiger partial charge in [0.15, 0.2) is 0 Å². The number of pyridine rings is 1. The van der Waals surface area contributed by atoms with Gasteiger partial charge in [-0.1, -0.05) is 91.1 Å². The molecule has 45 heavy (non-hydrogen) atoms. The van der Waals surface area contributed by atoms with Gasteiger partial charge in [-0.2, -0.15) is 0 Å². The van der Waals surface area contributed by atoms with E-state index < -0.39 is 17.7 Å². The first-order valence-electron chi connectivity index (χ1n) is 18.9. The van der Waals surface area contributed by atoms with Crippen LogP contribution in [0.25, 0.3) is 44.0 Å². The van der Waals surface area contributed by atoms with Gasteiger partial charge in [-0.05, 0) is 126 Å². The fraction of sp³-hybridized carbons (Fsp3) is 0.512. The molecule has 0 unspecified atom stereocenters. The Morgan fingerprint density at radius 2 is 1.60 bits per heavy atom. The zero-order chi connectivity index (χ0) is 34.3. The lowest BCUT2D eigenvalue weighted by atomic mass is 9.62. The summed E-state index contributed by atoms with van der Waals surface area (Å²) in [6, 6.07) is 17.1. The van der Waals surface area contributed by atoms with E-state index in [2.05, 4.69) is 70.2 Å². The summed E-state index contributed by atoms with van der Waals surface area (Å²) in [4.78, 5) is 4.96. The van der Waals surface area contributed by atoms with E-state index in [0.717, 1.165) is 79.9 Å². The van der Waals surface area contributed by atoms with Crippen LogP contribution in [-0.2, 0) is 12.8 Å². The van der Waals surface area contributed by atoms with E-state index in [0.29, 0.717) is 11.0 Å². The molecule has 0 bridgehead atoms. The van der Waals surface area contributed by atoms with Crippen LogP contribution in [-0.4, -0.2) is 4.98 Å². The Morgan fingerprint density at radius 3 is 2.31 bits per heavy atom. The van der Waals surface area contributed by atoms with Crippen LogP contribution in [0, 0.1) is 23.2 Å². The zero-order valence-corrected chi connectivity index (χ0v) is 28.6. The lowest BCUT2D eigenvalue weighted by Crippen LogP contribution is -2.29. The molecule has 2 aliphatic carbocycles. The number of nitrogens with zero attached hydrogens (tertiary/aromatic N) is 1. The van der Waals surface area contributed by atoms with E-state index in [-0.39, 0.29) is 5.41 Å². The molecule has 0 amide bonds. The minimum atomic E-state index is -1.56. The Morgan fingerprint density at radius 1 is 0.844 bits per heavy atom. The van der Waals surface area contributed by atoms with Gasteiger partial charge in [0.2, 0.25) is 0 Å². The van der Waals surface area contributed by atoms with Gasteiger partial charge in [-0.15, -0.1) is 0 Å². The normalized spacial score (nSPS) is 20.0. The van der Waals surface area contributed by atoms with Crippen molar-refractivity contribution < 1.29 is 8.53 Å². The highest BCUT2D eigenvalue weighted by Gasteiger charge is 2.36. The third-order valence-electron chi connectivity index (χ3n) is 10.5. The van der Waals surface area contributed by atoms with E-state index in [9.17, 15) is 4.11 Å². The molecule has 2 nitrogen and oxygen atoms in total. The summed E-state index contributed by atoms with van der Waals surface area (Å²) in [5, 5.41) is 4.36. The molecule has 236 valence electrons. The quantitative estimate of drug-likeness (QED) is 0.204. The number of para-hydroxylation sites is 1. The molecule has 2 heterocycles. The second kappa shape index (κ2) is 11.3. The Labute approximate surface area is 275 Å². The fourth-order valence-electron chi connectivity index (χ4n) is 8.34. The van der Waals surface area contributed by atoms with Crippen LogP contribution in [0.2, 0.25) is 0 Å². The summed E-state index contributed by atoms with van der Waals surface area (Å²) < 4.78 is 35.1. The number of aromatic nitrogens is 1. The maximum absolute atomic E-state index is 9.66. The SMILES string of the molecule is [2H]C1(c2ccc3cc(C)c4c5cccc(-c6cc(C([2H])([2H])C(C)(C)C)c(CC(C)(C)C)cn6)c5oc4c3c2)CCC2(CCCCC2)CC1. The first kappa shape index (κ1) is 27.0. The summed E-state index contributed by atoms with van der Waals surface area (Å²) in [5.74, 6) is -0.563. The van der Waals surface area contributed by atoms with Crippen molar-refractivity contribution in [2.24, 2.45) is 16.2 Å². The van der Waals surface area contributed by atoms with Crippen LogP contribution in [0.1, 0.15) is 132 Å². The Bertz CT molecular complexity index is 2010. The molecule has 7 rings (SSSR count). The van der Waals surface area contributed by atoms with Gasteiger partial charge < -0.3 is 4.42 Å². The highest BCUT2D eigenvalue weighted by molar-refractivity contribution is 6.18. The van der Waals surface area contributed by atoms with Crippen molar-refractivity contribution in [3.8, 4) is 11.3 Å². The molecule has 2 fully saturated rings. The van der Waals surface area contributed by atoms with Crippen molar-refractivity contribution >= 4 is 32.7 Å². The number of fused-ring (bicyclic) bond motifs is 5. The fourth-order valence-corrected chi connectivity index (χ4v) is 8.34. The van der Waals surface area contributed by atoms with E-state index in [4.69, 9.17) is 9.40 Å². The van der Waals surface area contributed by atoms with Crippen molar-refractivity contribution in [3.63, 3.8) is 0 Å². The monoisotopic (exact) mass is 602 g/mol. The predicted octanol–water partition coefficient (Wildman–Crippen LogP) is 12.9. The summed E-state index contributed by atoms with van der Waals surface area (Å²) >= 11 is 0. The number of benzene rings is 3. The van der Waals surface area contributed by atoms with Crippen molar-refractivity contribution in [1.82, 2.24) is 4.98 Å². The lowest BCUT2D eigenvalue weighted by Gasteiger charge is -2.43. The van der Waals surface area contributed by atoms with Gasteiger partial charge in [0, 0.05) is 32.0 Å². The maximum Gasteiger partial charge on any atom is 0.144 e. The van der Waals surface area contributed by atoms with Crippen molar-refractivity contribution in [3.05, 3.63) is 77.0 Å². The van der Waals surface area contributed by atoms with Crippen LogP contribution in [0.15, 0.2) is 59.1 Å². The Kier molecular flexibility index (Phi) is 6.78. The molecular formula is C43H53NO. The van der Waals surface area contributed by atoms with Gasteiger partial charge in [-0.3, -0.25) is 4.98 Å². The highest BCUT2D eigenvalue weighted by Crippen LogP contribution is 2.51. The predicted molar refractivity (Wildman–Crippen MR) is 192 cm³/mol. The molecule has 2 heteroatoms. The van der Waals surface area contributed by atoms with E-state index in [1.807, 2.05) is 33.0 Å². The second-order valence-corrected chi connectivity index (χ2v) is 16.6. The second-order valence-electron chi connectivity index (χ2n) is 16.6. The first-order valence-corrected chi connectivity index (χ1v) is 17.4. The minimum absolute atomic E-state index is 0.00532. The third-order valence-corrected chi connectivity index (χ3v) is 10.5. The summed E-state index contributed by atoms with van der Waals surface area (Å²) in [6.07, 6.45) is 12.0. The van der Waals surface area contributed by atoms with Crippen LogP contribution in [0.3, 0.4) is 0 Å². The van der Waals surface area contributed by atoms with E-state index in [1.165, 1.54) is 44.9 Å². The van der Waals surface area contributed by atoms with Gasteiger partial charge in [0.25, 0.3) is 0 Å². The van der Waals surface area contributed by atoms with Crippen LogP contribution >= 0.6 is 0 Å². The third kappa shape index (κ3) is 6.07. The summed E-state index contributed by atoms with van der Waals surface area (Å²) in [5.41, 5.74) is 7.07. The molecule has 2 aromatic heterocycles. The molecule has 0 aliphatic heterocycles. The van der Waals surface area contributed by atoms with Crippen LogP contribution < -0.4 is 0 Å². The summed E-state index contributed by atoms with van der Waals surface area (Å²) in [6.45, 7) is 14.6. The molecule has 0 N–H and O–H groups in total. The Balaban J connectivity index is 1.36. The van der Waals surface area contributed by atoms with E-state index >= 15 is 0 Å². The zero-order valence-electron chi connectivity index (χ0n) is 31.6. The average Bonchev–Trinajstić information content (AvgIpc) is 3.43. The van der Waals surface area contributed by atoms with Gasteiger partial charge in [0.05, 0.1) is 5.69 Å². The van der Waals surface area contributed by atoms with Crippen molar-refractivity contribution in [2.75, 3.05) is 0 Å². The number of aryl methyl sites for hydroxylation is 1. The molecule has 2 aliphatic rings. The Hall–Kier alpha value is -3.13. The molecule has 0 saturated heterocycles. The standard InChI is InChI=1S/C43H53NO/c1-28-22-31-15-14-30(29-16-20-43(21-17-29)18-9-8-10-19-43)23-36(31)40-38(28)35-13-11-12-34(39(35)45-40)37-24-32(25-41(2,3)4)33(27-44-37)26-42(5,6)7/h11-15,22-24,27,29H,8-10,16-21,25-26H2,1-7H3/i25D2,29D. The molecule has 3 aromatic carbocycles. The molecule has 1 spiro atoms. The smallest absolute Gasteiger partial charge is 0.144 e. The maximum atomic E-state index is 9.66. The number of hydrogen-bond acceptors (Lipinski definition) is 2. The number of furan rings is 1. The number of rotatable bonds is 4. The minimum Gasteiger partial charge on any atom is -0.455 e. The lowest BCUT2D eigenvalue weighted by molar-refractivity contribution is 0.114. The highest BCUT2D eigenvalue weighted by atomic mass is 16.3. The first-order chi connectivity index (χ1) is 22.5. The molecular weight excluding hydrogens is 546 g/mol. The van der Waals surface area contributed by atoms with Crippen molar-refractivity contribution in [2.45, 2.75) is 125 Å².